The number of carbonyl (C=O) groups excluding carboxylic acids is 5. The number of aliphatic hydroxyl groups is 1. The Kier molecular flexibility index (Phi) is 8.42. The number of hydrogen-bond donors (Lipinski definition) is 5. The van der Waals surface area contributed by atoms with Crippen LogP contribution in [0.25, 0.3) is 0 Å². The smallest absolute Gasteiger partial charge is 0.305 e. The third-order valence-electron chi connectivity index (χ3n) is 5.26. The highest BCUT2D eigenvalue weighted by atomic mass is 16.4. The van der Waals surface area contributed by atoms with E-state index in [9.17, 15) is 38.7 Å². The molecule has 0 fully saturated rings. The number of nitrogens with one attached hydrogen (secondary N) is 3. The van der Waals surface area contributed by atoms with E-state index in [-0.39, 0.29) is 17.7 Å². The maximum absolute atomic E-state index is 13.5. The zero-order chi connectivity index (χ0) is 27.1. The summed E-state index contributed by atoms with van der Waals surface area (Å²) in [6, 6.07) is 3.07. The van der Waals surface area contributed by atoms with Crippen molar-refractivity contribution < 1.29 is 39.0 Å². The van der Waals surface area contributed by atoms with Crippen molar-refractivity contribution in [3.05, 3.63) is 52.7 Å². The van der Waals surface area contributed by atoms with Gasteiger partial charge in [0, 0.05) is 12.4 Å². The van der Waals surface area contributed by atoms with Gasteiger partial charge in [0.15, 0.2) is 5.69 Å². The SMILES string of the molecule is O=C[C@H](CC(=O)O)NC(=O)CN1C(=O)[C@@H](NC(=O)c2ncc[nH]c2=O)CN(C(=O)CO)c2ccccc21. The molecular weight excluding hydrogens is 492 g/mol. The van der Waals surface area contributed by atoms with Gasteiger partial charge in [0.25, 0.3) is 23.3 Å². The summed E-state index contributed by atoms with van der Waals surface area (Å²) in [6.45, 7) is -2.10. The van der Waals surface area contributed by atoms with Crippen LogP contribution < -0.4 is 26.0 Å². The van der Waals surface area contributed by atoms with E-state index in [1.807, 2.05) is 0 Å². The quantitative estimate of drug-likeness (QED) is 0.220. The summed E-state index contributed by atoms with van der Waals surface area (Å²) < 4.78 is 0. The summed E-state index contributed by atoms with van der Waals surface area (Å²) in [5.74, 6) is -4.94. The third kappa shape index (κ3) is 6.21. The zero-order valence-corrected chi connectivity index (χ0v) is 19.1. The number of rotatable bonds is 9. The highest BCUT2D eigenvalue weighted by Crippen LogP contribution is 2.32. The van der Waals surface area contributed by atoms with E-state index in [1.165, 1.54) is 24.4 Å². The molecule has 15 heteroatoms. The lowest BCUT2D eigenvalue weighted by Gasteiger charge is -2.25. The number of aliphatic carboxylic acids is 1. The van der Waals surface area contributed by atoms with Gasteiger partial charge in [-0.15, -0.1) is 0 Å². The van der Waals surface area contributed by atoms with Crippen LogP contribution in [0, 0.1) is 0 Å². The maximum atomic E-state index is 13.5. The molecule has 1 aromatic heterocycles. The lowest BCUT2D eigenvalue weighted by atomic mass is 10.2. The number of aromatic nitrogens is 2. The summed E-state index contributed by atoms with van der Waals surface area (Å²) in [5, 5.41) is 22.9. The molecule has 2 heterocycles. The fourth-order valence-corrected chi connectivity index (χ4v) is 3.64. The largest absolute Gasteiger partial charge is 0.481 e. The summed E-state index contributed by atoms with van der Waals surface area (Å²) in [5.41, 5.74) is -1.18. The molecule has 4 amide bonds. The average Bonchev–Trinajstić information content (AvgIpc) is 2.98. The van der Waals surface area contributed by atoms with Crippen LogP contribution in [-0.2, 0) is 24.0 Å². The third-order valence-corrected chi connectivity index (χ3v) is 5.26. The van der Waals surface area contributed by atoms with E-state index in [2.05, 4.69) is 20.6 Å². The van der Waals surface area contributed by atoms with Crippen LogP contribution >= 0.6 is 0 Å². The highest BCUT2D eigenvalue weighted by molar-refractivity contribution is 6.11. The first-order valence-corrected chi connectivity index (χ1v) is 10.8. The van der Waals surface area contributed by atoms with E-state index in [0.29, 0.717) is 0 Å². The van der Waals surface area contributed by atoms with Gasteiger partial charge >= 0.3 is 5.97 Å². The molecule has 0 aliphatic carbocycles. The van der Waals surface area contributed by atoms with Crippen LogP contribution in [0.15, 0.2) is 41.5 Å². The number of amides is 4. The van der Waals surface area contributed by atoms with Crippen molar-refractivity contribution in [3.63, 3.8) is 0 Å². The van der Waals surface area contributed by atoms with Crippen molar-refractivity contribution in [1.29, 1.82) is 0 Å². The Balaban J connectivity index is 1.98. The number of aldehydes is 1. The van der Waals surface area contributed by atoms with Crippen molar-refractivity contribution in [2.75, 3.05) is 29.5 Å². The number of aromatic amines is 1. The van der Waals surface area contributed by atoms with Gasteiger partial charge in [-0.2, -0.15) is 0 Å². The summed E-state index contributed by atoms with van der Waals surface area (Å²) >= 11 is 0. The molecule has 5 N–H and O–H groups in total. The van der Waals surface area contributed by atoms with E-state index in [0.717, 1.165) is 16.0 Å². The number of H-pyrrole nitrogens is 1. The number of anilines is 2. The van der Waals surface area contributed by atoms with Crippen molar-refractivity contribution in [2.24, 2.45) is 0 Å². The van der Waals surface area contributed by atoms with Crippen molar-refractivity contribution in [1.82, 2.24) is 20.6 Å². The Morgan fingerprint density at radius 2 is 1.89 bits per heavy atom. The average molecular weight is 514 g/mol. The second-order valence-electron chi connectivity index (χ2n) is 7.78. The molecule has 1 aliphatic heterocycles. The van der Waals surface area contributed by atoms with Crippen molar-refractivity contribution in [3.8, 4) is 0 Å². The highest BCUT2D eigenvalue weighted by Gasteiger charge is 2.38. The molecule has 2 atom stereocenters. The summed E-state index contributed by atoms with van der Waals surface area (Å²) in [4.78, 5) is 93.5. The number of fused-ring (bicyclic) bond motifs is 1. The van der Waals surface area contributed by atoms with Crippen LogP contribution in [0.2, 0.25) is 0 Å². The Morgan fingerprint density at radius 3 is 2.51 bits per heavy atom. The fourth-order valence-electron chi connectivity index (χ4n) is 3.64. The van der Waals surface area contributed by atoms with Gasteiger partial charge in [-0.25, -0.2) is 4.98 Å². The summed E-state index contributed by atoms with van der Waals surface area (Å²) in [6.07, 6.45) is 1.90. The van der Waals surface area contributed by atoms with Crippen LogP contribution in [-0.4, -0.2) is 87.8 Å². The minimum atomic E-state index is -1.49. The molecule has 15 nitrogen and oxygen atoms in total. The first-order valence-electron chi connectivity index (χ1n) is 10.8. The maximum Gasteiger partial charge on any atom is 0.305 e. The van der Waals surface area contributed by atoms with E-state index < -0.39 is 79.1 Å². The minimum Gasteiger partial charge on any atom is -0.481 e. The Morgan fingerprint density at radius 1 is 1.19 bits per heavy atom. The number of aliphatic hydroxyl groups excluding tert-OH is 1. The molecule has 0 bridgehead atoms. The predicted octanol–water partition coefficient (Wildman–Crippen LogP) is -2.60. The van der Waals surface area contributed by atoms with Gasteiger partial charge < -0.3 is 35.5 Å². The van der Waals surface area contributed by atoms with Gasteiger partial charge in [0.05, 0.1) is 30.4 Å². The first-order chi connectivity index (χ1) is 17.7. The number of hydrogen-bond acceptors (Lipinski definition) is 9. The molecule has 0 saturated heterocycles. The molecule has 0 spiro atoms. The topological polar surface area (TPSA) is 219 Å². The van der Waals surface area contributed by atoms with Gasteiger partial charge in [-0.05, 0) is 12.1 Å². The number of para-hydroxylation sites is 2. The molecule has 0 unspecified atom stereocenters. The molecule has 0 saturated carbocycles. The van der Waals surface area contributed by atoms with Crippen molar-refractivity contribution in [2.45, 2.75) is 18.5 Å². The molecule has 37 heavy (non-hydrogen) atoms. The minimum absolute atomic E-state index is 0.0674. The van der Waals surface area contributed by atoms with Gasteiger partial charge in [-0.3, -0.25) is 33.7 Å². The van der Waals surface area contributed by atoms with E-state index >= 15 is 0 Å². The second kappa shape index (κ2) is 11.7. The van der Waals surface area contributed by atoms with Crippen LogP contribution in [0.1, 0.15) is 16.9 Å². The lowest BCUT2D eigenvalue weighted by molar-refractivity contribution is -0.139. The van der Waals surface area contributed by atoms with Crippen molar-refractivity contribution >= 4 is 47.3 Å². The standard InChI is InChI=1S/C22H22N6O9/c29-10-12(7-18(33)34)25-16(31)9-28-15-4-2-1-3-14(15)27(17(32)11-30)8-13(22(28)37)26-21(36)19-20(35)24-6-5-23-19/h1-6,10,12-13,30H,7-9,11H2,(H,24,35)(H,25,31)(H,26,36)(H,33,34)/t12-,13-/m0/s1. The molecule has 3 rings (SSSR count). The Bertz CT molecular complexity index is 1290. The second-order valence-corrected chi connectivity index (χ2v) is 7.78. The van der Waals surface area contributed by atoms with E-state index in [4.69, 9.17) is 5.11 Å². The molecule has 1 aliphatic rings. The number of benzene rings is 1. The lowest BCUT2D eigenvalue weighted by Crippen LogP contribution is -2.55. The monoisotopic (exact) mass is 514 g/mol. The van der Waals surface area contributed by atoms with Crippen LogP contribution in [0.3, 0.4) is 0 Å². The number of carbonyl (C=O) groups is 6. The zero-order valence-electron chi connectivity index (χ0n) is 19.1. The van der Waals surface area contributed by atoms with Crippen LogP contribution in [0.5, 0.6) is 0 Å². The molecule has 2 aromatic rings. The first kappa shape index (κ1) is 26.7. The van der Waals surface area contributed by atoms with Gasteiger partial charge in [-0.1, -0.05) is 12.1 Å². The van der Waals surface area contributed by atoms with Crippen LogP contribution in [0.4, 0.5) is 11.4 Å². The molecule has 1 aromatic carbocycles. The number of carboxylic acid groups (broad SMARTS) is 1. The number of carboxylic acids is 1. The Labute approximate surface area is 208 Å². The molecule has 194 valence electrons. The predicted molar refractivity (Wildman–Crippen MR) is 125 cm³/mol. The van der Waals surface area contributed by atoms with Gasteiger partial charge in [0.1, 0.15) is 25.5 Å². The Hall–Kier alpha value is -4.92. The normalized spacial score (nSPS) is 15.7. The molecule has 0 radical (unpaired) electrons. The summed E-state index contributed by atoms with van der Waals surface area (Å²) in [7, 11) is 0. The fraction of sp³-hybridized carbons (Fsp3) is 0.273. The van der Waals surface area contributed by atoms with Gasteiger partial charge in [0.2, 0.25) is 5.91 Å². The molecular formula is C22H22N6O9. The van der Waals surface area contributed by atoms with E-state index in [1.54, 1.807) is 6.07 Å². The number of nitrogens with zero attached hydrogens (tertiary/aromatic N) is 3.